The molecule has 2 nitrogen and oxygen atoms in total. The number of hydrogen-bond donors (Lipinski definition) is 0. The van der Waals surface area contributed by atoms with E-state index in [2.05, 4.69) is 6.58 Å². The second kappa shape index (κ2) is 5.75. The van der Waals surface area contributed by atoms with E-state index in [9.17, 15) is 4.79 Å². The summed E-state index contributed by atoms with van der Waals surface area (Å²) in [5, 5.41) is 0. The predicted molar refractivity (Wildman–Crippen MR) is 67.5 cm³/mol. The summed E-state index contributed by atoms with van der Waals surface area (Å²) < 4.78 is 5.23. The van der Waals surface area contributed by atoms with Crippen molar-refractivity contribution in [2.45, 2.75) is 24.3 Å². The second-order valence-corrected chi connectivity index (χ2v) is 4.93. The Morgan fingerprint density at radius 2 is 2.06 bits per heavy atom. The molecule has 1 aromatic carbocycles. The van der Waals surface area contributed by atoms with Gasteiger partial charge in [-0.15, -0.1) is 11.8 Å². The summed E-state index contributed by atoms with van der Waals surface area (Å²) in [5.41, 5.74) is -0.589. The molecule has 0 atom stereocenters. The van der Waals surface area contributed by atoms with Crippen molar-refractivity contribution < 1.29 is 9.53 Å². The zero-order chi connectivity index (χ0) is 12.0. The molecule has 0 radical (unpaired) electrons. The lowest BCUT2D eigenvalue weighted by Crippen LogP contribution is -2.26. The van der Waals surface area contributed by atoms with Gasteiger partial charge in [-0.2, -0.15) is 0 Å². The number of benzene rings is 1. The van der Waals surface area contributed by atoms with Crippen LogP contribution in [0.25, 0.3) is 0 Å². The predicted octanol–water partition coefficient (Wildman–Crippen LogP) is 3.29. The lowest BCUT2D eigenvalue weighted by atomic mass is 10.1. The fourth-order valence-corrected chi connectivity index (χ4v) is 1.72. The van der Waals surface area contributed by atoms with Crippen molar-refractivity contribution in [1.29, 1.82) is 0 Å². The van der Waals surface area contributed by atoms with Crippen molar-refractivity contribution in [2.75, 3.05) is 5.75 Å². The van der Waals surface area contributed by atoms with Gasteiger partial charge in [-0.3, -0.25) is 4.79 Å². The van der Waals surface area contributed by atoms with Crippen LogP contribution < -0.4 is 0 Å². The molecule has 0 spiro atoms. The topological polar surface area (TPSA) is 26.3 Å². The first-order valence-electron chi connectivity index (χ1n) is 5.07. The van der Waals surface area contributed by atoms with Crippen LogP contribution in [-0.4, -0.2) is 17.3 Å². The van der Waals surface area contributed by atoms with Crippen molar-refractivity contribution in [3.05, 3.63) is 43.0 Å². The van der Waals surface area contributed by atoms with Crippen LogP contribution in [0.1, 0.15) is 13.8 Å². The molecule has 0 bridgehead atoms. The van der Waals surface area contributed by atoms with Gasteiger partial charge in [0.2, 0.25) is 0 Å². The van der Waals surface area contributed by atoms with Gasteiger partial charge in [0.15, 0.2) is 0 Å². The van der Waals surface area contributed by atoms with Crippen molar-refractivity contribution in [3.63, 3.8) is 0 Å². The highest BCUT2D eigenvalue weighted by Gasteiger charge is 2.18. The van der Waals surface area contributed by atoms with E-state index in [4.69, 9.17) is 4.74 Å². The number of thioether (sulfide) groups is 1. The highest BCUT2D eigenvalue weighted by Crippen LogP contribution is 2.18. The average molecular weight is 236 g/mol. The minimum Gasteiger partial charge on any atom is -0.455 e. The molecule has 1 rings (SSSR count). The molecule has 86 valence electrons. The van der Waals surface area contributed by atoms with E-state index in [0.29, 0.717) is 5.75 Å². The van der Waals surface area contributed by atoms with Crippen molar-refractivity contribution in [2.24, 2.45) is 0 Å². The Morgan fingerprint density at radius 1 is 1.44 bits per heavy atom. The Morgan fingerprint density at radius 3 is 2.62 bits per heavy atom. The Hall–Kier alpha value is -1.22. The second-order valence-electron chi connectivity index (χ2n) is 3.88. The molecule has 16 heavy (non-hydrogen) atoms. The third-order valence-corrected chi connectivity index (χ3v) is 2.95. The van der Waals surface area contributed by atoms with Gasteiger partial charge in [0, 0.05) is 4.90 Å². The van der Waals surface area contributed by atoms with Crippen LogP contribution in [0.2, 0.25) is 0 Å². The molecule has 0 aromatic heterocycles. The number of esters is 1. The molecule has 0 heterocycles. The largest absolute Gasteiger partial charge is 0.455 e. The third-order valence-electron chi connectivity index (χ3n) is 1.97. The Labute approximate surface area is 101 Å². The van der Waals surface area contributed by atoms with E-state index in [-0.39, 0.29) is 5.97 Å². The van der Waals surface area contributed by atoms with Gasteiger partial charge in [-0.05, 0) is 32.1 Å². The summed E-state index contributed by atoms with van der Waals surface area (Å²) in [6.07, 6.45) is 1.62. The van der Waals surface area contributed by atoms with Crippen LogP contribution in [0.4, 0.5) is 0 Å². The molecule has 3 heteroatoms. The van der Waals surface area contributed by atoms with Crippen LogP contribution in [0, 0.1) is 0 Å². The Kier molecular flexibility index (Phi) is 4.62. The SMILES string of the molecule is C=CC(C)(C)OC(=O)CSc1ccccc1. The van der Waals surface area contributed by atoms with E-state index in [1.807, 2.05) is 44.2 Å². The molecule has 0 N–H and O–H groups in total. The molecule has 0 amide bonds. The molecule has 0 saturated heterocycles. The lowest BCUT2D eigenvalue weighted by Gasteiger charge is -2.20. The number of hydrogen-bond acceptors (Lipinski definition) is 3. The molecule has 0 aliphatic heterocycles. The van der Waals surface area contributed by atoms with Gasteiger partial charge in [0.05, 0.1) is 5.75 Å². The standard InChI is InChI=1S/C13H16O2S/c1-4-13(2,3)15-12(14)10-16-11-8-6-5-7-9-11/h4-9H,1,10H2,2-3H3. The maximum atomic E-state index is 11.5. The minimum absolute atomic E-state index is 0.223. The first-order chi connectivity index (χ1) is 7.53. The van der Waals surface area contributed by atoms with Gasteiger partial charge >= 0.3 is 5.97 Å². The molecule has 0 aliphatic rings. The summed E-state index contributed by atoms with van der Waals surface area (Å²) in [7, 11) is 0. The van der Waals surface area contributed by atoms with E-state index in [0.717, 1.165) is 4.90 Å². The number of carbonyl (C=O) groups is 1. The van der Waals surface area contributed by atoms with E-state index < -0.39 is 5.60 Å². The van der Waals surface area contributed by atoms with Crippen LogP contribution in [-0.2, 0) is 9.53 Å². The Bertz CT molecular complexity index is 357. The molecule has 0 aliphatic carbocycles. The van der Waals surface area contributed by atoms with Gasteiger partial charge < -0.3 is 4.74 Å². The van der Waals surface area contributed by atoms with Gasteiger partial charge in [0.1, 0.15) is 5.60 Å². The van der Waals surface area contributed by atoms with Gasteiger partial charge in [0.25, 0.3) is 0 Å². The maximum absolute atomic E-state index is 11.5. The molecule has 0 fully saturated rings. The zero-order valence-corrected chi connectivity index (χ0v) is 10.4. The van der Waals surface area contributed by atoms with Crippen LogP contribution in [0.5, 0.6) is 0 Å². The van der Waals surface area contributed by atoms with Gasteiger partial charge in [-0.25, -0.2) is 0 Å². The molecular weight excluding hydrogens is 220 g/mol. The normalized spacial score (nSPS) is 10.9. The summed E-state index contributed by atoms with van der Waals surface area (Å²) >= 11 is 1.47. The van der Waals surface area contributed by atoms with Crippen LogP contribution >= 0.6 is 11.8 Å². The maximum Gasteiger partial charge on any atom is 0.317 e. The van der Waals surface area contributed by atoms with Crippen LogP contribution in [0.3, 0.4) is 0 Å². The smallest absolute Gasteiger partial charge is 0.317 e. The monoisotopic (exact) mass is 236 g/mol. The number of carbonyl (C=O) groups excluding carboxylic acids is 1. The number of ether oxygens (including phenoxy) is 1. The fraction of sp³-hybridized carbons (Fsp3) is 0.308. The zero-order valence-electron chi connectivity index (χ0n) is 9.60. The van der Waals surface area contributed by atoms with E-state index >= 15 is 0 Å². The first-order valence-corrected chi connectivity index (χ1v) is 6.05. The third kappa shape index (κ3) is 4.53. The highest BCUT2D eigenvalue weighted by atomic mass is 32.2. The highest BCUT2D eigenvalue weighted by molar-refractivity contribution is 8.00. The molecule has 0 unspecified atom stereocenters. The summed E-state index contributed by atoms with van der Waals surface area (Å²) in [6, 6.07) is 9.78. The molecule has 1 aromatic rings. The van der Waals surface area contributed by atoms with Crippen molar-refractivity contribution in [1.82, 2.24) is 0 Å². The average Bonchev–Trinajstić information content (AvgIpc) is 2.27. The minimum atomic E-state index is -0.589. The summed E-state index contributed by atoms with van der Waals surface area (Å²) in [6.45, 7) is 7.24. The summed E-state index contributed by atoms with van der Waals surface area (Å²) in [4.78, 5) is 12.6. The summed E-state index contributed by atoms with van der Waals surface area (Å²) in [5.74, 6) is 0.0973. The Balaban J connectivity index is 2.39. The van der Waals surface area contributed by atoms with Crippen molar-refractivity contribution in [3.8, 4) is 0 Å². The first kappa shape index (κ1) is 12.8. The van der Waals surface area contributed by atoms with Gasteiger partial charge in [-0.1, -0.05) is 24.8 Å². The molecular formula is C13H16O2S. The van der Waals surface area contributed by atoms with E-state index in [1.165, 1.54) is 11.8 Å². The van der Waals surface area contributed by atoms with Crippen molar-refractivity contribution >= 4 is 17.7 Å². The lowest BCUT2D eigenvalue weighted by molar-refractivity contribution is -0.149. The van der Waals surface area contributed by atoms with Crippen LogP contribution in [0.15, 0.2) is 47.9 Å². The fourth-order valence-electron chi connectivity index (χ4n) is 1.02. The number of rotatable bonds is 5. The molecule has 0 saturated carbocycles. The quantitative estimate of drug-likeness (QED) is 0.446. The van der Waals surface area contributed by atoms with E-state index in [1.54, 1.807) is 6.08 Å².